The highest BCUT2D eigenvalue weighted by Crippen LogP contribution is 2.16. The first kappa shape index (κ1) is 11.5. The molecular weight excluding hydrogens is 216 g/mol. The van der Waals surface area contributed by atoms with Crippen LogP contribution >= 0.6 is 0 Å². The molecule has 0 aromatic carbocycles. The molecule has 2 aromatic rings. The molecule has 2 heterocycles. The number of nitrogens with zero attached hydrogens (tertiary/aromatic N) is 3. The summed E-state index contributed by atoms with van der Waals surface area (Å²) in [5.74, 6) is 0.633. The van der Waals surface area contributed by atoms with E-state index in [0.717, 1.165) is 17.8 Å². The van der Waals surface area contributed by atoms with Crippen molar-refractivity contribution in [3.63, 3.8) is 0 Å². The maximum absolute atomic E-state index is 5.49. The van der Waals surface area contributed by atoms with Crippen molar-refractivity contribution in [2.45, 2.75) is 13.5 Å². The lowest BCUT2D eigenvalue weighted by molar-refractivity contribution is 0.437. The third kappa shape index (κ3) is 2.98. The first-order chi connectivity index (χ1) is 8.29. The standard InChI is InChI=1S/C12H14N4O/c1-9-10(6-13-2)7-15-12(16-9)17-11-4-3-5-14-8-11/h3-5,7-8,13H,6H2,1-2H3. The van der Waals surface area contributed by atoms with E-state index in [0.29, 0.717) is 11.8 Å². The first-order valence-corrected chi connectivity index (χ1v) is 5.34. The summed E-state index contributed by atoms with van der Waals surface area (Å²) in [5.41, 5.74) is 1.97. The number of hydrogen-bond donors (Lipinski definition) is 1. The molecule has 5 nitrogen and oxygen atoms in total. The van der Waals surface area contributed by atoms with Gasteiger partial charge in [0.25, 0.3) is 0 Å². The molecule has 0 aliphatic carbocycles. The Hall–Kier alpha value is -2.01. The molecule has 5 heteroatoms. The first-order valence-electron chi connectivity index (χ1n) is 5.34. The van der Waals surface area contributed by atoms with Crippen molar-refractivity contribution in [1.82, 2.24) is 20.3 Å². The number of pyridine rings is 1. The molecule has 0 unspecified atom stereocenters. The maximum atomic E-state index is 5.49. The van der Waals surface area contributed by atoms with E-state index in [9.17, 15) is 0 Å². The fourth-order valence-corrected chi connectivity index (χ4v) is 1.40. The molecule has 0 amide bonds. The zero-order valence-electron chi connectivity index (χ0n) is 9.84. The molecule has 0 bridgehead atoms. The minimum absolute atomic E-state index is 0.343. The van der Waals surface area contributed by atoms with Crippen LogP contribution in [0.15, 0.2) is 30.7 Å². The van der Waals surface area contributed by atoms with Crippen molar-refractivity contribution in [2.24, 2.45) is 0 Å². The van der Waals surface area contributed by atoms with Crippen molar-refractivity contribution in [3.05, 3.63) is 42.0 Å². The van der Waals surface area contributed by atoms with E-state index in [-0.39, 0.29) is 0 Å². The Bertz CT molecular complexity index is 487. The number of rotatable bonds is 4. The number of nitrogens with one attached hydrogen (secondary N) is 1. The SMILES string of the molecule is CNCc1cnc(Oc2cccnc2)nc1C. The lowest BCUT2D eigenvalue weighted by atomic mass is 10.2. The van der Waals surface area contributed by atoms with Crippen LogP contribution < -0.4 is 10.1 Å². The van der Waals surface area contributed by atoms with Crippen molar-refractivity contribution in [3.8, 4) is 11.8 Å². The predicted octanol–water partition coefficient (Wildman–Crippen LogP) is 1.69. The Kier molecular flexibility index (Phi) is 3.62. The summed E-state index contributed by atoms with van der Waals surface area (Å²) in [7, 11) is 1.89. The molecule has 0 atom stereocenters. The highest BCUT2D eigenvalue weighted by atomic mass is 16.5. The van der Waals surface area contributed by atoms with Crippen LogP contribution in [0.1, 0.15) is 11.3 Å². The second kappa shape index (κ2) is 5.36. The van der Waals surface area contributed by atoms with Gasteiger partial charge >= 0.3 is 6.01 Å². The van der Waals surface area contributed by atoms with Crippen LogP contribution in [-0.4, -0.2) is 22.0 Å². The van der Waals surface area contributed by atoms with Gasteiger partial charge in [0.15, 0.2) is 0 Å². The summed E-state index contributed by atoms with van der Waals surface area (Å²) in [4.78, 5) is 12.4. The summed E-state index contributed by atoms with van der Waals surface area (Å²) >= 11 is 0. The van der Waals surface area contributed by atoms with Gasteiger partial charge in [-0.25, -0.2) is 4.98 Å². The van der Waals surface area contributed by atoms with Gasteiger partial charge in [0.05, 0.1) is 6.20 Å². The molecule has 17 heavy (non-hydrogen) atoms. The third-order valence-electron chi connectivity index (χ3n) is 2.27. The van der Waals surface area contributed by atoms with Gasteiger partial charge in [0.2, 0.25) is 0 Å². The van der Waals surface area contributed by atoms with Crippen LogP contribution in [-0.2, 0) is 6.54 Å². The van der Waals surface area contributed by atoms with Crippen LogP contribution in [0.25, 0.3) is 0 Å². The van der Waals surface area contributed by atoms with E-state index >= 15 is 0 Å². The molecule has 2 aromatic heterocycles. The largest absolute Gasteiger partial charge is 0.423 e. The van der Waals surface area contributed by atoms with E-state index in [1.165, 1.54) is 0 Å². The fraction of sp³-hybridized carbons (Fsp3) is 0.250. The van der Waals surface area contributed by atoms with Gasteiger partial charge in [0.1, 0.15) is 5.75 Å². The maximum Gasteiger partial charge on any atom is 0.322 e. The second-order valence-corrected chi connectivity index (χ2v) is 3.58. The molecule has 0 radical (unpaired) electrons. The zero-order valence-corrected chi connectivity index (χ0v) is 9.84. The van der Waals surface area contributed by atoms with Gasteiger partial charge < -0.3 is 10.1 Å². The van der Waals surface area contributed by atoms with Crippen LogP contribution in [0.2, 0.25) is 0 Å². The lowest BCUT2D eigenvalue weighted by Crippen LogP contribution is -2.08. The van der Waals surface area contributed by atoms with Gasteiger partial charge in [-0.3, -0.25) is 4.98 Å². The van der Waals surface area contributed by atoms with E-state index in [1.807, 2.05) is 20.0 Å². The number of aryl methyl sites for hydroxylation is 1. The van der Waals surface area contributed by atoms with Crippen molar-refractivity contribution >= 4 is 0 Å². The molecule has 0 saturated heterocycles. The van der Waals surface area contributed by atoms with Gasteiger partial charge in [-0.15, -0.1) is 0 Å². The Morgan fingerprint density at radius 1 is 1.35 bits per heavy atom. The molecule has 2 rings (SSSR count). The molecule has 0 spiro atoms. The van der Waals surface area contributed by atoms with Crippen molar-refractivity contribution < 1.29 is 4.74 Å². The summed E-state index contributed by atoms with van der Waals surface area (Å²) < 4.78 is 5.49. The second-order valence-electron chi connectivity index (χ2n) is 3.58. The average molecular weight is 230 g/mol. The topological polar surface area (TPSA) is 59.9 Å². The molecule has 0 fully saturated rings. The normalized spacial score (nSPS) is 10.2. The quantitative estimate of drug-likeness (QED) is 0.866. The third-order valence-corrected chi connectivity index (χ3v) is 2.27. The summed E-state index contributed by atoms with van der Waals surface area (Å²) in [6, 6.07) is 3.96. The fourth-order valence-electron chi connectivity index (χ4n) is 1.40. The van der Waals surface area contributed by atoms with Crippen molar-refractivity contribution in [1.29, 1.82) is 0 Å². The summed E-state index contributed by atoms with van der Waals surface area (Å²) in [6.07, 6.45) is 5.08. The van der Waals surface area contributed by atoms with E-state index < -0.39 is 0 Å². The zero-order chi connectivity index (χ0) is 12.1. The number of hydrogen-bond acceptors (Lipinski definition) is 5. The number of aromatic nitrogens is 3. The Labute approximate surface area is 99.9 Å². The lowest BCUT2D eigenvalue weighted by Gasteiger charge is -2.06. The molecular formula is C12H14N4O. The monoisotopic (exact) mass is 230 g/mol. The molecule has 0 saturated carbocycles. The van der Waals surface area contributed by atoms with Crippen molar-refractivity contribution in [2.75, 3.05) is 7.05 Å². The van der Waals surface area contributed by atoms with Crippen LogP contribution in [0, 0.1) is 6.92 Å². The highest BCUT2D eigenvalue weighted by molar-refractivity contribution is 5.22. The predicted molar refractivity (Wildman–Crippen MR) is 63.8 cm³/mol. The Balaban J connectivity index is 2.15. The molecule has 0 aliphatic rings. The van der Waals surface area contributed by atoms with E-state index in [1.54, 1.807) is 24.7 Å². The minimum atomic E-state index is 0.343. The van der Waals surface area contributed by atoms with Gasteiger partial charge in [-0.1, -0.05) is 0 Å². The smallest absolute Gasteiger partial charge is 0.322 e. The average Bonchev–Trinajstić information content (AvgIpc) is 2.34. The number of ether oxygens (including phenoxy) is 1. The molecule has 1 N–H and O–H groups in total. The molecule has 0 aliphatic heterocycles. The van der Waals surface area contributed by atoms with Crippen LogP contribution in [0.5, 0.6) is 11.8 Å². The van der Waals surface area contributed by atoms with E-state index in [4.69, 9.17) is 4.74 Å². The minimum Gasteiger partial charge on any atom is -0.423 e. The summed E-state index contributed by atoms with van der Waals surface area (Å²) in [5, 5.41) is 3.06. The van der Waals surface area contributed by atoms with E-state index in [2.05, 4.69) is 20.3 Å². The van der Waals surface area contributed by atoms with Gasteiger partial charge in [-0.05, 0) is 26.1 Å². The Morgan fingerprint density at radius 3 is 2.88 bits per heavy atom. The summed E-state index contributed by atoms with van der Waals surface area (Å²) in [6.45, 7) is 2.68. The van der Waals surface area contributed by atoms with Gasteiger partial charge in [0, 0.05) is 30.2 Å². The van der Waals surface area contributed by atoms with Gasteiger partial charge in [-0.2, -0.15) is 4.98 Å². The van der Waals surface area contributed by atoms with Crippen LogP contribution in [0.4, 0.5) is 0 Å². The van der Waals surface area contributed by atoms with Crippen LogP contribution in [0.3, 0.4) is 0 Å². The highest BCUT2D eigenvalue weighted by Gasteiger charge is 2.04. The Morgan fingerprint density at radius 2 is 2.24 bits per heavy atom. The molecule has 88 valence electrons.